The highest BCUT2D eigenvalue weighted by molar-refractivity contribution is 5.55. The van der Waals surface area contributed by atoms with Crippen LogP contribution >= 0.6 is 0 Å². The summed E-state index contributed by atoms with van der Waals surface area (Å²) in [4.78, 5) is 4.41. The number of imidazole rings is 1. The smallest absolute Gasteiger partial charge is 0.139 e. The Hall–Kier alpha value is -1.61. The van der Waals surface area contributed by atoms with Gasteiger partial charge >= 0.3 is 0 Å². The zero-order valence-electron chi connectivity index (χ0n) is 8.85. The summed E-state index contributed by atoms with van der Waals surface area (Å²) in [7, 11) is 2.03. The SMILES string of the molecule is Cn1c(CCN)cnc1-c1ccccc1. The van der Waals surface area contributed by atoms with Crippen LogP contribution in [0.2, 0.25) is 0 Å². The standard InChI is InChI=1S/C12H15N3/c1-15-11(7-8-13)9-14-12(15)10-5-3-2-4-6-10/h2-6,9H,7-8,13H2,1H3. The molecule has 0 saturated carbocycles. The van der Waals surface area contributed by atoms with E-state index in [4.69, 9.17) is 5.73 Å². The molecule has 0 aliphatic rings. The second-order valence-corrected chi connectivity index (χ2v) is 3.54. The van der Waals surface area contributed by atoms with E-state index in [9.17, 15) is 0 Å². The summed E-state index contributed by atoms with van der Waals surface area (Å²) in [6.07, 6.45) is 2.77. The second kappa shape index (κ2) is 4.28. The molecule has 2 aromatic rings. The van der Waals surface area contributed by atoms with E-state index in [1.165, 1.54) is 5.69 Å². The van der Waals surface area contributed by atoms with Crippen LogP contribution in [0.15, 0.2) is 36.5 Å². The zero-order valence-corrected chi connectivity index (χ0v) is 8.85. The number of aromatic nitrogens is 2. The number of hydrogen-bond acceptors (Lipinski definition) is 2. The minimum atomic E-state index is 0.660. The predicted molar refractivity (Wildman–Crippen MR) is 61.4 cm³/mol. The predicted octanol–water partition coefficient (Wildman–Crippen LogP) is 1.59. The van der Waals surface area contributed by atoms with Crippen molar-refractivity contribution in [1.82, 2.24) is 9.55 Å². The van der Waals surface area contributed by atoms with E-state index in [2.05, 4.69) is 21.7 Å². The van der Waals surface area contributed by atoms with Crippen LogP contribution < -0.4 is 5.73 Å². The van der Waals surface area contributed by atoms with Crippen LogP contribution in [-0.4, -0.2) is 16.1 Å². The van der Waals surface area contributed by atoms with E-state index < -0.39 is 0 Å². The fourth-order valence-electron chi connectivity index (χ4n) is 1.68. The molecule has 15 heavy (non-hydrogen) atoms. The van der Waals surface area contributed by atoms with Gasteiger partial charge in [-0.05, 0) is 6.54 Å². The highest BCUT2D eigenvalue weighted by Gasteiger charge is 2.06. The Bertz CT molecular complexity index is 431. The first-order valence-electron chi connectivity index (χ1n) is 5.09. The minimum Gasteiger partial charge on any atom is -0.331 e. The van der Waals surface area contributed by atoms with Gasteiger partial charge in [0, 0.05) is 30.9 Å². The molecule has 2 N–H and O–H groups in total. The maximum absolute atomic E-state index is 5.54. The van der Waals surface area contributed by atoms with Crippen LogP contribution in [0.5, 0.6) is 0 Å². The Balaban J connectivity index is 2.38. The fourth-order valence-corrected chi connectivity index (χ4v) is 1.68. The van der Waals surface area contributed by atoms with Crippen molar-refractivity contribution in [2.45, 2.75) is 6.42 Å². The molecule has 0 unspecified atom stereocenters. The lowest BCUT2D eigenvalue weighted by molar-refractivity contribution is 0.811. The fraction of sp³-hybridized carbons (Fsp3) is 0.250. The summed E-state index contributed by atoms with van der Waals surface area (Å²) in [5, 5.41) is 0. The molecule has 0 saturated heterocycles. The molecular formula is C12H15N3. The zero-order chi connectivity index (χ0) is 10.7. The van der Waals surface area contributed by atoms with Gasteiger partial charge in [0.05, 0.1) is 0 Å². The first kappa shape index (κ1) is 9.93. The molecule has 3 nitrogen and oxygen atoms in total. The number of hydrogen-bond donors (Lipinski definition) is 1. The third kappa shape index (κ3) is 1.92. The van der Waals surface area contributed by atoms with E-state index >= 15 is 0 Å². The molecule has 1 aromatic heterocycles. The molecule has 0 aliphatic carbocycles. The van der Waals surface area contributed by atoms with Crippen molar-refractivity contribution in [2.75, 3.05) is 6.54 Å². The third-order valence-corrected chi connectivity index (χ3v) is 2.52. The minimum absolute atomic E-state index is 0.660. The summed E-state index contributed by atoms with van der Waals surface area (Å²) < 4.78 is 2.10. The van der Waals surface area contributed by atoms with Crippen LogP contribution in [0.3, 0.4) is 0 Å². The molecule has 0 aliphatic heterocycles. The molecule has 1 heterocycles. The van der Waals surface area contributed by atoms with Gasteiger partial charge in [-0.25, -0.2) is 4.98 Å². The van der Waals surface area contributed by atoms with Crippen molar-refractivity contribution >= 4 is 0 Å². The third-order valence-electron chi connectivity index (χ3n) is 2.52. The first-order chi connectivity index (χ1) is 7.33. The average Bonchev–Trinajstić information content (AvgIpc) is 2.63. The van der Waals surface area contributed by atoms with Crippen LogP contribution in [0, 0.1) is 0 Å². The van der Waals surface area contributed by atoms with Gasteiger partial charge in [0.25, 0.3) is 0 Å². The summed E-state index contributed by atoms with van der Waals surface area (Å²) in [6.45, 7) is 0.660. The molecule has 0 bridgehead atoms. The van der Waals surface area contributed by atoms with Crippen LogP contribution in [0.4, 0.5) is 0 Å². The lowest BCUT2D eigenvalue weighted by atomic mass is 10.2. The van der Waals surface area contributed by atoms with Gasteiger partial charge < -0.3 is 10.3 Å². The Morgan fingerprint density at radius 1 is 1.27 bits per heavy atom. The number of rotatable bonds is 3. The van der Waals surface area contributed by atoms with Crippen molar-refractivity contribution in [3.63, 3.8) is 0 Å². The Morgan fingerprint density at radius 3 is 2.67 bits per heavy atom. The van der Waals surface area contributed by atoms with Crippen LogP contribution in [-0.2, 0) is 13.5 Å². The Labute approximate surface area is 89.6 Å². The summed E-state index contributed by atoms with van der Waals surface area (Å²) in [6, 6.07) is 10.2. The van der Waals surface area contributed by atoms with Crippen molar-refractivity contribution in [3.8, 4) is 11.4 Å². The maximum atomic E-state index is 5.54. The Kier molecular flexibility index (Phi) is 2.83. The highest BCUT2D eigenvalue weighted by Crippen LogP contribution is 2.17. The quantitative estimate of drug-likeness (QED) is 0.819. The van der Waals surface area contributed by atoms with E-state index in [0.717, 1.165) is 17.8 Å². The van der Waals surface area contributed by atoms with E-state index in [-0.39, 0.29) is 0 Å². The average molecular weight is 201 g/mol. The van der Waals surface area contributed by atoms with Crippen LogP contribution in [0.1, 0.15) is 5.69 Å². The van der Waals surface area contributed by atoms with Gasteiger partial charge in [0.1, 0.15) is 5.82 Å². The van der Waals surface area contributed by atoms with E-state index in [1.54, 1.807) is 0 Å². The first-order valence-corrected chi connectivity index (χ1v) is 5.09. The molecule has 0 amide bonds. The molecule has 78 valence electrons. The monoisotopic (exact) mass is 201 g/mol. The van der Waals surface area contributed by atoms with Gasteiger partial charge in [-0.15, -0.1) is 0 Å². The van der Waals surface area contributed by atoms with Gasteiger partial charge in [0.2, 0.25) is 0 Å². The van der Waals surface area contributed by atoms with Gasteiger partial charge in [-0.3, -0.25) is 0 Å². The molecule has 3 heteroatoms. The summed E-state index contributed by atoms with van der Waals surface area (Å²) >= 11 is 0. The van der Waals surface area contributed by atoms with Crippen molar-refractivity contribution in [1.29, 1.82) is 0 Å². The lowest BCUT2D eigenvalue weighted by Gasteiger charge is -2.04. The maximum Gasteiger partial charge on any atom is 0.139 e. The largest absolute Gasteiger partial charge is 0.331 e. The molecule has 0 fully saturated rings. The lowest BCUT2D eigenvalue weighted by Crippen LogP contribution is -2.07. The summed E-state index contributed by atoms with van der Waals surface area (Å²) in [5.74, 6) is 0.999. The van der Waals surface area contributed by atoms with Crippen molar-refractivity contribution < 1.29 is 0 Å². The Morgan fingerprint density at radius 2 is 2.00 bits per heavy atom. The summed E-state index contributed by atoms with van der Waals surface area (Å²) in [5.41, 5.74) is 7.86. The normalized spacial score (nSPS) is 10.5. The van der Waals surface area contributed by atoms with Gasteiger partial charge in [-0.2, -0.15) is 0 Å². The number of nitrogens with zero attached hydrogens (tertiary/aromatic N) is 2. The highest BCUT2D eigenvalue weighted by atomic mass is 15.1. The number of benzene rings is 1. The number of nitrogens with two attached hydrogens (primary N) is 1. The van der Waals surface area contributed by atoms with Crippen LogP contribution in [0.25, 0.3) is 11.4 Å². The van der Waals surface area contributed by atoms with Crippen molar-refractivity contribution in [2.24, 2.45) is 12.8 Å². The molecular weight excluding hydrogens is 186 g/mol. The van der Waals surface area contributed by atoms with Crippen molar-refractivity contribution in [3.05, 3.63) is 42.2 Å². The van der Waals surface area contributed by atoms with E-state index in [1.807, 2.05) is 31.4 Å². The molecule has 1 aromatic carbocycles. The molecule has 0 spiro atoms. The van der Waals surface area contributed by atoms with E-state index in [0.29, 0.717) is 6.54 Å². The molecule has 0 atom stereocenters. The topological polar surface area (TPSA) is 43.8 Å². The second-order valence-electron chi connectivity index (χ2n) is 3.54. The molecule has 0 radical (unpaired) electrons. The van der Waals surface area contributed by atoms with Gasteiger partial charge in [-0.1, -0.05) is 30.3 Å². The molecule has 2 rings (SSSR count). The van der Waals surface area contributed by atoms with Gasteiger partial charge in [0.15, 0.2) is 0 Å².